The quantitative estimate of drug-likeness (QED) is 0.458. The van der Waals surface area contributed by atoms with Gasteiger partial charge in [-0.1, -0.05) is 0 Å². The largest absolute Gasteiger partial charge is 0.412 e. The van der Waals surface area contributed by atoms with Crippen LogP contribution in [0.4, 0.5) is 4.70 Å². The van der Waals surface area contributed by atoms with Crippen molar-refractivity contribution in [1.82, 2.24) is 0 Å². The molecule has 0 fully saturated rings. The molecule has 0 aromatic carbocycles. The summed E-state index contributed by atoms with van der Waals surface area (Å²) in [5.74, 6) is 0. The molecule has 1 nitrogen and oxygen atoms in total. The van der Waals surface area contributed by atoms with Crippen molar-refractivity contribution < 1.29 is 55.9 Å². The van der Waals surface area contributed by atoms with Crippen molar-refractivity contribution >= 4 is 0 Å². The Balaban J connectivity index is 0. The predicted octanol–water partition coefficient (Wildman–Crippen LogP) is -0.677. The third kappa shape index (κ3) is 10.0. The van der Waals surface area contributed by atoms with Crippen molar-refractivity contribution in [2.75, 3.05) is 0 Å². The monoisotopic (exact) mass is 192 g/mol. The van der Waals surface area contributed by atoms with Gasteiger partial charge in [0.2, 0.25) is 0 Å². The Kier molecular flexibility index (Phi) is 348. The van der Waals surface area contributed by atoms with E-state index in [2.05, 4.69) is 0 Å². The summed E-state index contributed by atoms with van der Waals surface area (Å²) in [5.41, 5.74) is 0. The minimum absolute atomic E-state index is 0. The maximum atomic E-state index is 0. The van der Waals surface area contributed by atoms with Gasteiger partial charge in [-0.15, -0.1) is 0 Å². The summed E-state index contributed by atoms with van der Waals surface area (Å²) in [6.45, 7) is 0. The van der Waals surface area contributed by atoms with Crippen molar-refractivity contribution in [2.24, 2.45) is 0 Å². The maximum Gasteiger partial charge on any atom is 0 e. The summed E-state index contributed by atoms with van der Waals surface area (Å²) in [4.78, 5) is 0. The van der Waals surface area contributed by atoms with Crippen LogP contribution < -0.4 is 0 Å². The predicted molar refractivity (Wildman–Crippen MR) is 6.12 cm³/mol. The molecule has 0 heterocycles. The first-order chi connectivity index (χ1) is 0. The van der Waals surface area contributed by atoms with E-state index in [0.717, 1.165) is 0 Å². The number of rotatable bonds is 0. The van der Waals surface area contributed by atoms with E-state index >= 15 is 0 Å². The van der Waals surface area contributed by atoms with Gasteiger partial charge in [0.05, 0.1) is 0 Å². The summed E-state index contributed by atoms with van der Waals surface area (Å²) in [7, 11) is 0. The molecule has 0 aliphatic heterocycles. The van der Waals surface area contributed by atoms with Crippen LogP contribution in [-0.4, -0.2) is 5.48 Å². The van der Waals surface area contributed by atoms with E-state index in [1.165, 1.54) is 0 Å². The molecule has 0 amide bonds. The molecule has 0 aromatic rings. The molecule has 2 N–H and O–H groups in total. The Hall–Kier alpha value is 1.40. The van der Waals surface area contributed by atoms with Crippen molar-refractivity contribution in [1.29, 1.82) is 0 Å². The molecular formula is H3FOZnZr. The fraction of sp³-hybridized carbons (Fsp3) is 0. The fourth-order valence-corrected chi connectivity index (χ4v) is 0. The van der Waals surface area contributed by atoms with E-state index in [0.29, 0.717) is 0 Å². The fourth-order valence-electron chi connectivity index (χ4n) is 0. The smallest absolute Gasteiger partial charge is 0 e. The van der Waals surface area contributed by atoms with Gasteiger partial charge in [0.15, 0.2) is 0 Å². The minimum atomic E-state index is 0. The molecule has 0 aromatic heterocycles. The van der Waals surface area contributed by atoms with Gasteiger partial charge in [-0.2, -0.15) is 0 Å². The molecule has 22 valence electrons. The van der Waals surface area contributed by atoms with E-state index in [9.17, 15) is 0 Å². The van der Waals surface area contributed by atoms with Crippen LogP contribution in [0.25, 0.3) is 0 Å². The van der Waals surface area contributed by atoms with E-state index in [1.807, 2.05) is 0 Å². The van der Waals surface area contributed by atoms with Gasteiger partial charge < -0.3 is 5.48 Å². The molecule has 0 spiro atoms. The normalized spacial score (nSPS) is 0. The molecule has 0 bridgehead atoms. The third-order valence-corrected chi connectivity index (χ3v) is 0. The van der Waals surface area contributed by atoms with Crippen LogP contribution in [-0.2, 0) is 45.7 Å². The molecule has 0 aliphatic rings. The zero-order valence-electron chi connectivity index (χ0n) is 2.12. The molecular weight excluding hydrogens is 192 g/mol. The summed E-state index contributed by atoms with van der Waals surface area (Å²) < 4.78 is 0. The van der Waals surface area contributed by atoms with Crippen molar-refractivity contribution in [3.05, 3.63) is 0 Å². The van der Waals surface area contributed by atoms with Crippen LogP contribution in [0.15, 0.2) is 0 Å². The van der Waals surface area contributed by atoms with Gasteiger partial charge in [0.1, 0.15) is 0 Å². The molecule has 4 heteroatoms. The Bertz CT molecular complexity index is 8.00. The van der Waals surface area contributed by atoms with E-state index < -0.39 is 0 Å². The van der Waals surface area contributed by atoms with Gasteiger partial charge in [0, 0.05) is 45.7 Å². The minimum Gasteiger partial charge on any atom is -0.412 e. The third-order valence-electron chi connectivity index (χ3n) is 0. The average Bonchev–Trinajstić information content (AvgIpc) is 0. The van der Waals surface area contributed by atoms with Crippen molar-refractivity contribution in [2.45, 2.75) is 0 Å². The molecule has 0 unspecified atom stereocenters. The number of hydrogen-bond donors (Lipinski definition) is 0. The molecule has 0 saturated heterocycles. The molecule has 0 aliphatic carbocycles. The number of hydrogen-bond acceptors (Lipinski definition) is 0. The zero-order chi connectivity index (χ0) is 0. The number of halogens is 1. The molecule has 0 saturated carbocycles. The SMILES string of the molecule is F.O.[Zn].[Zr]. The Morgan fingerprint density at radius 1 is 1.00 bits per heavy atom. The van der Waals surface area contributed by atoms with E-state index in [4.69, 9.17) is 0 Å². The standard InChI is InChI=1S/FH.H2O.Zn.Zr/h1H;1H2;;. The second kappa shape index (κ2) is 26.0. The van der Waals surface area contributed by atoms with Gasteiger partial charge in [-0.25, -0.2) is 0 Å². The summed E-state index contributed by atoms with van der Waals surface area (Å²) in [5, 5.41) is 0. The van der Waals surface area contributed by atoms with Gasteiger partial charge in [0.25, 0.3) is 0 Å². The molecule has 4 heavy (non-hydrogen) atoms. The second-order valence-corrected chi connectivity index (χ2v) is 0. The first-order valence-corrected chi connectivity index (χ1v) is 0. The topological polar surface area (TPSA) is 31.5 Å². The first-order valence-electron chi connectivity index (χ1n) is 0. The average molecular weight is 195 g/mol. The second-order valence-electron chi connectivity index (χ2n) is 0. The van der Waals surface area contributed by atoms with Crippen LogP contribution in [0.3, 0.4) is 0 Å². The van der Waals surface area contributed by atoms with Gasteiger partial charge in [-0.3, -0.25) is 4.70 Å². The Morgan fingerprint density at radius 2 is 1.00 bits per heavy atom. The molecule has 0 atom stereocenters. The zero-order valence-corrected chi connectivity index (χ0v) is 7.54. The van der Waals surface area contributed by atoms with Crippen LogP contribution in [0.2, 0.25) is 0 Å². The molecule has 0 radical (unpaired) electrons. The van der Waals surface area contributed by atoms with Crippen LogP contribution in [0.1, 0.15) is 0 Å². The van der Waals surface area contributed by atoms with Crippen LogP contribution >= 0.6 is 0 Å². The molecule has 0 rings (SSSR count). The van der Waals surface area contributed by atoms with Crippen LogP contribution in [0, 0.1) is 0 Å². The van der Waals surface area contributed by atoms with Crippen molar-refractivity contribution in [3.8, 4) is 0 Å². The van der Waals surface area contributed by atoms with E-state index in [1.54, 1.807) is 0 Å². The van der Waals surface area contributed by atoms with Crippen molar-refractivity contribution in [3.63, 3.8) is 0 Å². The summed E-state index contributed by atoms with van der Waals surface area (Å²) in [6.07, 6.45) is 0. The first kappa shape index (κ1) is 53.5. The summed E-state index contributed by atoms with van der Waals surface area (Å²) >= 11 is 0. The van der Waals surface area contributed by atoms with Gasteiger partial charge in [-0.05, 0) is 0 Å². The van der Waals surface area contributed by atoms with Gasteiger partial charge >= 0.3 is 0 Å². The van der Waals surface area contributed by atoms with Crippen LogP contribution in [0.5, 0.6) is 0 Å². The maximum absolute atomic E-state index is 0. The van der Waals surface area contributed by atoms with E-state index in [-0.39, 0.29) is 55.9 Å². The summed E-state index contributed by atoms with van der Waals surface area (Å²) in [6, 6.07) is 0. The Labute approximate surface area is 55.7 Å². The Morgan fingerprint density at radius 3 is 1.00 bits per heavy atom.